The van der Waals surface area contributed by atoms with Crippen LogP contribution < -0.4 is 4.72 Å². The van der Waals surface area contributed by atoms with Crippen LogP contribution in [0.15, 0.2) is 29.2 Å². The summed E-state index contributed by atoms with van der Waals surface area (Å²) >= 11 is 0. The minimum absolute atomic E-state index is 0.0833. The molecular formula is C13H19FN2O5S2. The number of hydrogen-bond acceptors (Lipinski definition) is 5. The van der Waals surface area contributed by atoms with Crippen LogP contribution in [0.1, 0.15) is 0 Å². The molecule has 0 bridgehead atoms. The molecule has 0 amide bonds. The Morgan fingerprint density at radius 1 is 1.17 bits per heavy atom. The van der Waals surface area contributed by atoms with Crippen LogP contribution in [0.2, 0.25) is 0 Å². The highest BCUT2D eigenvalue weighted by Gasteiger charge is 2.35. The van der Waals surface area contributed by atoms with Crippen molar-refractivity contribution in [3.8, 4) is 0 Å². The fourth-order valence-electron chi connectivity index (χ4n) is 2.19. The van der Waals surface area contributed by atoms with Crippen LogP contribution in [0.25, 0.3) is 0 Å². The van der Waals surface area contributed by atoms with Gasteiger partial charge in [-0.2, -0.15) is 0 Å². The molecule has 0 aromatic heterocycles. The molecule has 1 aliphatic heterocycles. The molecule has 2 rings (SSSR count). The first-order valence-corrected chi connectivity index (χ1v) is 9.97. The first-order valence-electron chi connectivity index (χ1n) is 6.88. The second kappa shape index (κ2) is 6.81. The largest absolute Gasteiger partial charge is 0.379 e. The van der Waals surface area contributed by atoms with E-state index in [1.54, 1.807) is 0 Å². The summed E-state index contributed by atoms with van der Waals surface area (Å²) < 4.78 is 70.2. The Morgan fingerprint density at radius 3 is 2.35 bits per heavy atom. The zero-order valence-electron chi connectivity index (χ0n) is 12.8. The van der Waals surface area contributed by atoms with Gasteiger partial charge in [-0.15, -0.1) is 0 Å². The number of halogens is 1. The molecule has 10 heteroatoms. The zero-order chi connectivity index (χ0) is 17.3. The molecule has 1 heterocycles. The number of nitrogens with zero attached hydrogens (tertiary/aromatic N) is 1. The molecule has 1 aliphatic rings. The molecule has 1 fully saturated rings. The van der Waals surface area contributed by atoms with Gasteiger partial charge >= 0.3 is 0 Å². The minimum atomic E-state index is -3.87. The van der Waals surface area contributed by atoms with Gasteiger partial charge in [-0.1, -0.05) is 0 Å². The average Bonchev–Trinajstić information content (AvgIpc) is 2.85. The maximum atomic E-state index is 12.9. The van der Waals surface area contributed by atoms with Gasteiger partial charge in [0.15, 0.2) is 0 Å². The third-order valence-electron chi connectivity index (χ3n) is 3.61. The molecule has 0 unspecified atom stereocenters. The van der Waals surface area contributed by atoms with E-state index in [-0.39, 0.29) is 23.9 Å². The standard InChI is InChI=1S/C13H19FN2O5S2/c1-16(2)22(17,18)9-10-7-21-8-13(10)15-23(19,20)12-5-3-11(14)4-6-12/h3-6,10,13,15H,7-9H2,1-2H3/t10-,13+/m0/s1. The van der Waals surface area contributed by atoms with Crippen molar-refractivity contribution in [3.05, 3.63) is 30.1 Å². The highest BCUT2D eigenvalue weighted by molar-refractivity contribution is 7.89. The number of benzene rings is 1. The molecule has 130 valence electrons. The monoisotopic (exact) mass is 366 g/mol. The number of rotatable bonds is 6. The van der Waals surface area contributed by atoms with Crippen LogP contribution in [-0.2, 0) is 24.8 Å². The van der Waals surface area contributed by atoms with Crippen molar-refractivity contribution in [2.75, 3.05) is 33.1 Å². The number of nitrogens with one attached hydrogen (secondary N) is 1. The maximum absolute atomic E-state index is 12.9. The molecule has 0 spiro atoms. The van der Waals surface area contributed by atoms with Gasteiger partial charge in [0.1, 0.15) is 5.82 Å². The van der Waals surface area contributed by atoms with Crippen molar-refractivity contribution in [3.63, 3.8) is 0 Å². The lowest BCUT2D eigenvalue weighted by molar-refractivity contribution is 0.185. The summed E-state index contributed by atoms with van der Waals surface area (Å²) in [5, 5.41) is 0. The Bertz CT molecular complexity index is 747. The molecule has 23 heavy (non-hydrogen) atoms. The second-order valence-electron chi connectivity index (χ2n) is 5.54. The molecule has 1 N–H and O–H groups in total. The molecule has 7 nitrogen and oxygen atoms in total. The van der Waals surface area contributed by atoms with Crippen molar-refractivity contribution in [2.24, 2.45) is 5.92 Å². The predicted octanol–water partition coefficient (Wildman–Crippen LogP) is 0.0104. The summed E-state index contributed by atoms with van der Waals surface area (Å²) in [6.45, 7) is 0.248. The van der Waals surface area contributed by atoms with Crippen LogP contribution in [-0.4, -0.2) is 60.2 Å². The third-order valence-corrected chi connectivity index (χ3v) is 7.08. The van der Waals surface area contributed by atoms with Gasteiger partial charge in [-0.25, -0.2) is 30.3 Å². The lowest BCUT2D eigenvalue weighted by atomic mass is 10.1. The van der Waals surface area contributed by atoms with Gasteiger partial charge in [0.05, 0.1) is 29.9 Å². The molecule has 0 saturated carbocycles. The van der Waals surface area contributed by atoms with E-state index in [0.717, 1.165) is 28.6 Å². The van der Waals surface area contributed by atoms with Gasteiger partial charge in [0.2, 0.25) is 20.0 Å². The Balaban J connectivity index is 2.13. The van der Waals surface area contributed by atoms with Crippen LogP contribution in [0.5, 0.6) is 0 Å². The summed E-state index contributed by atoms with van der Waals surface area (Å²) in [4.78, 5) is -0.0833. The molecule has 0 aliphatic carbocycles. The van der Waals surface area contributed by atoms with Gasteiger partial charge < -0.3 is 4.74 Å². The van der Waals surface area contributed by atoms with E-state index in [1.165, 1.54) is 14.1 Å². The smallest absolute Gasteiger partial charge is 0.240 e. The van der Waals surface area contributed by atoms with E-state index in [2.05, 4.69) is 4.72 Å². The van der Waals surface area contributed by atoms with Crippen molar-refractivity contribution in [2.45, 2.75) is 10.9 Å². The number of ether oxygens (including phenoxy) is 1. The van der Waals surface area contributed by atoms with Crippen molar-refractivity contribution in [1.29, 1.82) is 0 Å². The fraction of sp³-hybridized carbons (Fsp3) is 0.538. The normalized spacial score (nSPS) is 22.6. The molecule has 1 aromatic carbocycles. The van der Waals surface area contributed by atoms with Gasteiger partial charge in [0.25, 0.3) is 0 Å². The second-order valence-corrected chi connectivity index (χ2v) is 9.48. The molecular weight excluding hydrogens is 347 g/mol. The summed E-state index contributed by atoms with van der Waals surface area (Å²) in [7, 11) is -4.51. The average molecular weight is 366 g/mol. The molecule has 2 atom stereocenters. The highest BCUT2D eigenvalue weighted by Crippen LogP contribution is 2.20. The highest BCUT2D eigenvalue weighted by atomic mass is 32.2. The van der Waals surface area contributed by atoms with Gasteiger partial charge in [0, 0.05) is 20.0 Å². The van der Waals surface area contributed by atoms with Gasteiger partial charge in [-0.05, 0) is 24.3 Å². The summed E-state index contributed by atoms with van der Waals surface area (Å²) in [6, 6.07) is 3.75. The van der Waals surface area contributed by atoms with Crippen LogP contribution in [0, 0.1) is 11.7 Å². The van der Waals surface area contributed by atoms with Crippen molar-refractivity contribution >= 4 is 20.0 Å². The first kappa shape index (κ1) is 18.3. The summed E-state index contributed by atoms with van der Waals surface area (Å²) in [5.41, 5.74) is 0. The lowest BCUT2D eigenvalue weighted by Gasteiger charge is -2.21. The Morgan fingerprint density at radius 2 is 1.78 bits per heavy atom. The minimum Gasteiger partial charge on any atom is -0.379 e. The lowest BCUT2D eigenvalue weighted by Crippen LogP contribution is -2.43. The first-order chi connectivity index (χ1) is 10.6. The van der Waals surface area contributed by atoms with Crippen LogP contribution >= 0.6 is 0 Å². The zero-order valence-corrected chi connectivity index (χ0v) is 14.4. The van der Waals surface area contributed by atoms with Crippen LogP contribution in [0.3, 0.4) is 0 Å². The van der Waals surface area contributed by atoms with E-state index in [0.29, 0.717) is 0 Å². The third kappa shape index (κ3) is 4.48. The topological polar surface area (TPSA) is 92.8 Å². The Kier molecular flexibility index (Phi) is 5.41. The van der Waals surface area contributed by atoms with E-state index in [9.17, 15) is 21.2 Å². The van der Waals surface area contributed by atoms with Crippen molar-refractivity contribution < 1.29 is 26.0 Å². The predicted molar refractivity (Wildman–Crippen MR) is 82.3 cm³/mol. The Hall–Kier alpha value is -1.07. The molecule has 0 radical (unpaired) electrons. The Labute approximate surface area is 135 Å². The van der Waals surface area contributed by atoms with Crippen molar-refractivity contribution in [1.82, 2.24) is 9.03 Å². The maximum Gasteiger partial charge on any atom is 0.240 e. The number of sulfonamides is 2. The van der Waals surface area contributed by atoms with Gasteiger partial charge in [-0.3, -0.25) is 0 Å². The fourth-order valence-corrected chi connectivity index (χ4v) is 4.65. The quantitative estimate of drug-likeness (QED) is 0.766. The summed E-state index contributed by atoms with van der Waals surface area (Å²) in [6.07, 6.45) is 0. The molecule has 1 saturated heterocycles. The van der Waals surface area contributed by atoms with E-state index in [1.807, 2.05) is 0 Å². The van der Waals surface area contributed by atoms with Crippen LogP contribution in [0.4, 0.5) is 4.39 Å². The number of hydrogen-bond donors (Lipinski definition) is 1. The van der Waals surface area contributed by atoms with E-state index < -0.39 is 37.8 Å². The molecule has 1 aromatic rings. The SMILES string of the molecule is CN(C)S(=O)(=O)C[C@@H]1COC[C@H]1NS(=O)(=O)c1ccc(F)cc1. The summed E-state index contributed by atoms with van der Waals surface area (Å²) in [5.74, 6) is -1.24. The van der Waals surface area contributed by atoms with E-state index >= 15 is 0 Å². The van der Waals surface area contributed by atoms with E-state index in [4.69, 9.17) is 4.74 Å².